The number of benzene rings is 2. The molecule has 0 radical (unpaired) electrons. The van der Waals surface area contributed by atoms with Gasteiger partial charge in [0.25, 0.3) is 11.8 Å². The Kier molecular flexibility index (Phi) is 5.54. The molecule has 0 saturated carbocycles. The minimum atomic E-state index is -0.352. The first kappa shape index (κ1) is 19.3. The van der Waals surface area contributed by atoms with Gasteiger partial charge in [-0.2, -0.15) is 0 Å². The molecule has 1 aromatic heterocycles. The van der Waals surface area contributed by atoms with Crippen LogP contribution in [0.2, 0.25) is 0 Å². The predicted octanol–water partition coefficient (Wildman–Crippen LogP) is 4.82. The smallest absolute Gasteiger partial charge is 0.274 e. The van der Waals surface area contributed by atoms with Crippen LogP contribution in [0.15, 0.2) is 54.7 Å². The van der Waals surface area contributed by atoms with Crippen molar-refractivity contribution >= 4 is 23.2 Å². The second-order valence-electron chi connectivity index (χ2n) is 6.83. The molecule has 0 saturated heterocycles. The van der Waals surface area contributed by atoms with Crippen molar-refractivity contribution < 1.29 is 9.59 Å². The summed E-state index contributed by atoms with van der Waals surface area (Å²) in [7, 11) is 0. The molecule has 142 valence electrons. The highest BCUT2D eigenvalue weighted by Gasteiger charge is 2.14. The van der Waals surface area contributed by atoms with Crippen LogP contribution in [0.3, 0.4) is 0 Å². The lowest BCUT2D eigenvalue weighted by Gasteiger charge is -2.12. The monoisotopic (exact) mass is 373 g/mol. The summed E-state index contributed by atoms with van der Waals surface area (Å²) in [4.78, 5) is 29.4. The van der Waals surface area contributed by atoms with E-state index in [1.165, 1.54) is 12.3 Å². The third-order valence-corrected chi connectivity index (χ3v) is 4.96. The highest BCUT2D eigenvalue weighted by molar-refractivity contribution is 6.08. The number of hydrogen-bond donors (Lipinski definition) is 2. The summed E-state index contributed by atoms with van der Waals surface area (Å²) in [5, 5.41) is 5.77. The van der Waals surface area contributed by atoms with E-state index in [0.29, 0.717) is 5.56 Å². The van der Waals surface area contributed by atoms with Crippen LogP contribution in [0.25, 0.3) is 0 Å². The van der Waals surface area contributed by atoms with Crippen LogP contribution in [-0.4, -0.2) is 16.8 Å². The van der Waals surface area contributed by atoms with Crippen molar-refractivity contribution in [2.24, 2.45) is 0 Å². The molecule has 0 atom stereocenters. The van der Waals surface area contributed by atoms with Crippen molar-refractivity contribution in [3.05, 3.63) is 88.2 Å². The van der Waals surface area contributed by atoms with Crippen molar-refractivity contribution in [2.75, 3.05) is 10.6 Å². The topological polar surface area (TPSA) is 71.1 Å². The lowest BCUT2D eigenvalue weighted by molar-refractivity contribution is 0.102. The highest BCUT2D eigenvalue weighted by Crippen LogP contribution is 2.20. The maximum absolute atomic E-state index is 12.6. The van der Waals surface area contributed by atoms with E-state index in [-0.39, 0.29) is 17.5 Å². The Morgan fingerprint density at radius 3 is 1.86 bits per heavy atom. The Labute approximate surface area is 164 Å². The van der Waals surface area contributed by atoms with E-state index < -0.39 is 0 Å². The molecule has 0 unspecified atom stereocenters. The van der Waals surface area contributed by atoms with Gasteiger partial charge in [-0.3, -0.25) is 14.6 Å². The molecule has 0 aliphatic heterocycles. The molecule has 1 heterocycles. The fourth-order valence-electron chi connectivity index (χ4n) is 2.85. The third kappa shape index (κ3) is 4.09. The number of aromatic nitrogens is 1. The van der Waals surface area contributed by atoms with Crippen LogP contribution in [-0.2, 0) is 0 Å². The Balaban J connectivity index is 1.79. The number of pyridine rings is 1. The van der Waals surface area contributed by atoms with Crippen LogP contribution < -0.4 is 10.6 Å². The van der Waals surface area contributed by atoms with Crippen molar-refractivity contribution in [3.63, 3.8) is 0 Å². The minimum Gasteiger partial charge on any atom is -0.322 e. The molecule has 3 rings (SSSR count). The molecule has 28 heavy (non-hydrogen) atoms. The Bertz CT molecular complexity index is 977. The summed E-state index contributed by atoms with van der Waals surface area (Å²) in [6.07, 6.45) is 1.47. The quantitative estimate of drug-likeness (QED) is 0.689. The van der Waals surface area contributed by atoms with Crippen LogP contribution in [0.1, 0.15) is 43.1 Å². The number of carbonyl (C=O) groups excluding carboxylic acids is 2. The largest absolute Gasteiger partial charge is 0.322 e. The molecule has 2 aromatic carbocycles. The van der Waals surface area contributed by atoms with Gasteiger partial charge in [-0.15, -0.1) is 0 Å². The van der Waals surface area contributed by atoms with Gasteiger partial charge in [0.1, 0.15) is 5.69 Å². The zero-order valence-corrected chi connectivity index (χ0v) is 16.5. The molecule has 0 aliphatic rings. The van der Waals surface area contributed by atoms with Gasteiger partial charge in [-0.25, -0.2) is 0 Å². The zero-order chi connectivity index (χ0) is 20.3. The standard InChI is InChI=1S/C23H23N3O2/c1-14-7-5-9-19(16(14)3)25-22(27)18-11-12-24-21(13-18)23(28)26-20-10-6-8-15(2)17(20)4/h5-13H,1-4H3,(H,25,27)(H,26,28). The molecule has 2 N–H and O–H groups in total. The lowest BCUT2D eigenvalue weighted by atomic mass is 10.1. The number of anilines is 2. The maximum atomic E-state index is 12.6. The highest BCUT2D eigenvalue weighted by atomic mass is 16.2. The van der Waals surface area contributed by atoms with E-state index in [2.05, 4.69) is 15.6 Å². The average molecular weight is 373 g/mol. The molecule has 3 aromatic rings. The first-order chi connectivity index (χ1) is 13.4. The Hall–Kier alpha value is -3.47. The Morgan fingerprint density at radius 1 is 0.750 bits per heavy atom. The maximum Gasteiger partial charge on any atom is 0.274 e. The number of carbonyl (C=O) groups is 2. The molecular weight excluding hydrogens is 350 g/mol. The molecule has 0 bridgehead atoms. The third-order valence-electron chi connectivity index (χ3n) is 4.96. The summed E-state index contributed by atoms with van der Waals surface area (Å²) in [5.74, 6) is -0.632. The summed E-state index contributed by atoms with van der Waals surface area (Å²) in [5.41, 5.74) is 6.25. The summed E-state index contributed by atoms with van der Waals surface area (Å²) in [6.45, 7) is 7.89. The van der Waals surface area contributed by atoms with Gasteiger partial charge >= 0.3 is 0 Å². The van der Waals surface area contributed by atoms with Crippen LogP contribution in [0.4, 0.5) is 11.4 Å². The SMILES string of the molecule is Cc1cccc(NC(=O)c2ccnc(C(=O)Nc3cccc(C)c3C)c2)c1C. The predicted molar refractivity (Wildman–Crippen MR) is 112 cm³/mol. The summed E-state index contributed by atoms with van der Waals surface area (Å²) < 4.78 is 0. The van der Waals surface area contributed by atoms with E-state index in [9.17, 15) is 9.59 Å². The number of nitrogens with one attached hydrogen (secondary N) is 2. The number of nitrogens with zero attached hydrogens (tertiary/aromatic N) is 1. The van der Waals surface area contributed by atoms with Gasteiger partial charge in [-0.05, 0) is 74.2 Å². The molecule has 0 fully saturated rings. The number of aryl methyl sites for hydroxylation is 2. The second kappa shape index (κ2) is 8.05. The molecule has 0 aliphatic carbocycles. The van der Waals surface area contributed by atoms with E-state index in [4.69, 9.17) is 0 Å². The minimum absolute atomic E-state index is 0.189. The van der Waals surface area contributed by atoms with Crippen molar-refractivity contribution in [1.29, 1.82) is 0 Å². The van der Waals surface area contributed by atoms with Crippen molar-refractivity contribution in [2.45, 2.75) is 27.7 Å². The second-order valence-corrected chi connectivity index (χ2v) is 6.83. The van der Waals surface area contributed by atoms with Crippen molar-refractivity contribution in [1.82, 2.24) is 4.98 Å². The van der Waals surface area contributed by atoms with Gasteiger partial charge in [0, 0.05) is 23.1 Å². The first-order valence-corrected chi connectivity index (χ1v) is 9.08. The molecule has 5 heteroatoms. The lowest BCUT2D eigenvalue weighted by Crippen LogP contribution is -2.17. The fraction of sp³-hybridized carbons (Fsp3) is 0.174. The summed E-state index contributed by atoms with van der Waals surface area (Å²) >= 11 is 0. The van der Waals surface area contributed by atoms with Gasteiger partial charge in [0.2, 0.25) is 0 Å². The normalized spacial score (nSPS) is 10.4. The number of hydrogen-bond acceptors (Lipinski definition) is 3. The molecule has 0 spiro atoms. The van der Waals surface area contributed by atoms with Gasteiger partial charge < -0.3 is 10.6 Å². The van der Waals surface area contributed by atoms with E-state index >= 15 is 0 Å². The van der Waals surface area contributed by atoms with E-state index in [1.54, 1.807) is 6.07 Å². The number of amides is 2. The van der Waals surface area contributed by atoms with Gasteiger partial charge in [-0.1, -0.05) is 24.3 Å². The zero-order valence-electron chi connectivity index (χ0n) is 16.5. The van der Waals surface area contributed by atoms with Crippen molar-refractivity contribution in [3.8, 4) is 0 Å². The molecule has 2 amide bonds. The van der Waals surface area contributed by atoms with Crippen LogP contribution >= 0.6 is 0 Å². The average Bonchev–Trinajstić information content (AvgIpc) is 2.69. The molecular formula is C23H23N3O2. The van der Waals surface area contributed by atoms with E-state index in [1.807, 2.05) is 64.1 Å². The van der Waals surface area contributed by atoms with E-state index in [0.717, 1.165) is 33.6 Å². The van der Waals surface area contributed by atoms with Gasteiger partial charge in [0.15, 0.2) is 0 Å². The van der Waals surface area contributed by atoms with Crippen LogP contribution in [0.5, 0.6) is 0 Å². The first-order valence-electron chi connectivity index (χ1n) is 9.08. The summed E-state index contributed by atoms with van der Waals surface area (Å²) in [6, 6.07) is 14.6. The van der Waals surface area contributed by atoms with Crippen LogP contribution in [0, 0.1) is 27.7 Å². The van der Waals surface area contributed by atoms with Gasteiger partial charge in [0.05, 0.1) is 0 Å². The number of rotatable bonds is 4. The molecule has 5 nitrogen and oxygen atoms in total. The fourth-order valence-corrected chi connectivity index (χ4v) is 2.85. The Morgan fingerprint density at radius 2 is 1.29 bits per heavy atom.